The number of aromatic nitrogens is 4. The topological polar surface area (TPSA) is 70.9 Å². The molecular formula is C21H29Cl2N7. The zero-order valence-corrected chi connectivity index (χ0v) is 19.2. The van der Waals surface area contributed by atoms with E-state index in [1.54, 1.807) is 12.3 Å². The molecule has 0 bridgehead atoms. The molecule has 0 spiro atoms. The number of benzene rings is 1. The van der Waals surface area contributed by atoms with Crippen molar-refractivity contribution in [2.75, 3.05) is 36.8 Å². The quantitative estimate of drug-likeness (QED) is 0.408. The minimum atomic E-state index is 0.416. The minimum Gasteiger partial charge on any atom is -0.370 e. The van der Waals surface area contributed by atoms with Crippen molar-refractivity contribution in [1.29, 1.82) is 0 Å². The summed E-state index contributed by atoms with van der Waals surface area (Å²) < 4.78 is 1.42. The molecule has 0 aliphatic carbocycles. The molecule has 7 nitrogen and oxygen atoms in total. The van der Waals surface area contributed by atoms with E-state index in [-0.39, 0.29) is 0 Å². The molecule has 30 heavy (non-hydrogen) atoms. The highest BCUT2D eigenvalue weighted by molar-refractivity contribution is 6.35. The predicted octanol–water partition coefficient (Wildman–Crippen LogP) is 5.40. The molecule has 9 heteroatoms. The summed E-state index contributed by atoms with van der Waals surface area (Å²) in [5.41, 5.74) is 1.35. The third-order valence-electron chi connectivity index (χ3n) is 4.74. The van der Waals surface area contributed by atoms with Crippen molar-refractivity contribution >= 4 is 52.1 Å². The number of nitrogens with zero attached hydrogens (tertiary/aromatic N) is 5. The van der Waals surface area contributed by atoms with Crippen LogP contribution < -0.4 is 10.6 Å². The Morgan fingerprint density at radius 2 is 1.90 bits per heavy atom. The van der Waals surface area contributed by atoms with Crippen molar-refractivity contribution in [1.82, 2.24) is 23.9 Å². The van der Waals surface area contributed by atoms with Gasteiger partial charge in [-0.1, -0.05) is 38.4 Å². The average molecular weight is 450 g/mol. The van der Waals surface area contributed by atoms with Gasteiger partial charge in [-0.3, -0.25) is 5.32 Å². The molecule has 0 saturated heterocycles. The van der Waals surface area contributed by atoms with Gasteiger partial charge in [0, 0.05) is 31.1 Å². The van der Waals surface area contributed by atoms with Crippen LogP contribution in [0.2, 0.25) is 5.02 Å². The predicted molar refractivity (Wildman–Crippen MR) is 126 cm³/mol. The van der Waals surface area contributed by atoms with Crippen LogP contribution in [0.4, 0.5) is 17.7 Å². The van der Waals surface area contributed by atoms with Crippen LogP contribution in [-0.4, -0.2) is 50.1 Å². The smallest absolute Gasteiger partial charge is 0.231 e. The molecular weight excluding hydrogens is 421 g/mol. The second-order valence-corrected chi connectivity index (χ2v) is 8.25. The molecule has 0 aliphatic rings. The molecule has 3 rings (SSSR count). The Hall–Kier alpha value is -2.09. The zero-order chi connectivity index (χ0) is 21.5. The van der Waals surface area contributed by atoms with Crippen LogP contribution in [-0.2, 0) is 0 Å². The highest BCUT2D eigenvalue weighted by Gasteiger charge is 2.13. The van der Waals surface area contributed by atoms with Crippen LogP contribution in [0.3, 0.4) is 0 Å². The first kappa shape index (κ1) is 22.6. The van der Waals surface area contributed by atoms with Gasteiger partial charge in [-0.25, -0.2) is 14.1 Å². The summed E-state index contributed by atoms with van der Waals surface area (Å²) in [6, 6.07) is 7.32. The Bertz CT molecular complexity index is 954. The van der Waals surface area contributed by atoms with E-state index in [1.807, 2.05) is 18.2 Å². The zero-order valence-electron chi connectivity index (χ0n) is 17.7. The molecule has 3 aromatic rings. The van der Waals surface area contributed by atoms with Gasteiger partial charge in [-0.2, -0.15) is 4.98 Å². The number of hydrogen-bond acceptors (Lipinski definition) is 6. The van der Waals surface area contributed by atoms with Crippen LogP contribution in [0.1, 0.15) is 33.6 Å². The molecule has 1 atom stereocenters. The maximum absolute atomic E-state index is 6.38. The lowest BCUT2D eigenvalue weighted by Gasteiger charge is -2.25. The largest absolute Gasteiger partial charge is 0.370 e. The summed E-state index contributed by atoms with van der Waals surface area (Å²) >= 11 is 12.6. The maximum Gasteiger partial charge on any atom is 0.231 e. The van der Waals surface area contributed by atoms with Crippen LogP contribution >= 0.6 is 23.4 Å². The van der Waals surface area contributed by atoms with Crippen molar-refractivity contribution in [3.63, 3.8) is 0 Å². The molecule has 0 aliphatic heterocycles. The van der Waals surface area contributed by atoms with Crippen molar-refractivity contribution in [2.45, 2.75) is 33.6 Å². The third-order valence-corrected chi connectivity index (χ3v) is 5.39. The van der Waals surface area contributed by atoms with Gasteiger partial charge < -0.3 is 10.2 Å². The minimum absolute atomic E-state index is 0.416. The van der Waals surface area contributed by atoms with E-state index >= 15 is 0 Å². The first-order chi connectivity index (χ1) is 14.5. The lowest BCUT2D eigenvalue weighted by atomic mass is 10.1. The average Bonchev–Trinajstić information content (AvgIpc) is 3.04. The Morgan fingerprint density at radius 3 is 2.60 bits per heavy atom. The van der Waals surface area contributed by atoms with Crippen molar-refractivity contribution in [2.24, 2.45) is 5.92 Å². The van der Waals surface area contributed by atoms with Crippen molar-refractivity contribution in [3.05, 3.63) is 35.5 Å². The second-order valence-electron chi connectivity index (χ2n) is 7.50. The highest BCUT2D eigenvalue weighted by Crippen LogP contribution is 2.28. The number of hydrogen-bond donors (Lipinski definition) is 2. The normalized spacial score (nSPS) is 12.5. The fourth-order valence-corrected chi connectivity index (χ4v) is 3.87. The molecule has 0 radical (unpaired) electrons. The number of anilines is 3. The Kier molecular flexibility index (Phi) is 8.13. The molecule has 2 heterocycles. The monoisotopic (exact) mass is 449 g/mol. The molecule has 2 N–H and O–H groups in total. The number of para-hydroxylation sites is 1. The van der Waals surface area contributed by atoms with Gasteiger partial charge in [0.25, 0.3) is 0 Å². The summed E-state index contributed by atoms with van der Waals surface area (Å²) in [5, 5.41) is 7.03. The van der Waals surface area contributed by atoms with Crippen LogP contribution in [0.25, 0.3) is 11.0 Å². The number of rotatable bonds is 11. The fraction of sp³-hybridized carbons (Fsp3) is 0.476. The van der Waals surface area contributed by atoms with E-state index in [4.69, 9.17) is 23.4 Å². The highest BCUT2D eigenvalue weighted by atomic mass is 35.5. The van der Waals surface area contributed by atoms with Gasteiger partial charge in [0.15, 0.2) is 0 Å². The summed E-state index contributed by atoms with van der Waals surface area (Å²) in [5.74, 6) is 2.09. The molecule has 0 saturated carbocycles. The Morgan fingerprint density at radius 1 is 1.13 bits per heavy atom. The Balaban J connectivity index is 1.62. The fourth-order valence-electron chi connectivity index (χ4n) is 3.44. The number of nitrogens with one attached hydrogen (secondary N) is 2. The summed E-state index contributed by atoms with van der Waals surface area (Å²) in [6.45, 7) is 10.9. The van der Waals surface area contributed by atoms with Gasteiger partial charge in [0.05, 0.1) is 10.5 Å². The molecule has 1 aromatic carbocycles. The Labute approximate surface area is 187 Å². The van der Waals surface area contributed by atoms with Crippen LogP contribution in [0, 0.1) is 5.92 Å². The molecule has 0 fully saturated rings. The van der Waals surface area contributed by atoms with Gasteiger partial charge in [0.2, 0.25) is 11.9 Å². The molecule has 1 unspecified atom stereocenters. The van der Waals surface area contributed by atoms with E-state index in [9.17, 15) is 0 Å². The van der Waals surface area contributed by atoms with E-state index in [0.717, 1.165) is 37.5 Å². The van der Waals surface area contributed by atoms with Gasteiger partial charge in [0.1, 0.15) is 11.3 Å². The van der Waals surface area contributed by atoms with Crippen molar-refractivity contribution < 1.29 is 0 Å². The summed E-state index contributed by atoms with van der Waals surface area (Å²) in [4.78, 5) is 15.8. The van der Waals surface area contributed by atoms with E-state index < -0.39 is 0 Å². The second kappa shape index (κ2) is 10.8. The van der Waals surface area contributed by atoms with Gasteiger partial charge in [-0.15, -0.1) is 0 Å². The standard InChI is InChI=1S/C21H29Cl2N7/c1-4-11-29(12-5-2)14-15(3)13-25-18-9-10-24-20(26-18)28-21-27-19-16(22)7-6-8-17(19)30(21)23/h6-10,15H,4-5,11-14H2,1-3H3,(H2,24,25,26,27,28). The lowest BCUT2D eigenvalue weighted by Crippen LogP contribution is -2.32. The summed E-state index contributed by atoms with van der Waals surface area (Å²) in [7, 11) is 0. The van der Waals surface area contributed by atoms with Crippen molar-refractivity contribution in [3.8, 4) is 0 Å². The number of fused-ring (bicyclic) bond motifs is 1. The van der Waals surface area contributed by atoms with Crippen LogP contribution in [0.15, 0.2) is 30.5 Å². The first-order valence-electron chi connectivity index (χ1n) is 10.4. The molecule has 162 valence electrons. The molecule has 0 amide bonds. The van der Waals surface area contributed by atoms with Crippen LogP contribution in [0.5, 0.6) is 0 Å². The van der Waals surface area contributed by atoms with Gasteiger partial charge >= 0.3 is 0 Å². The number of halogens is 2. The maximum atomic E-state index is 6.38. The third kappa shape index (κ3) is 5.74. The van der Waals surface area contributed by atoms with E-state index in [1.165, 1.54) is 16.9 Å². The van der Waals surface area contributed by atoms with E-state index in [2.05, 4.69) is 51.3 Å². The SMILES string of the molecule is CCCN(CCC)CC(C)CNc1ccnc(Nc2nc3c(Cl)cccc3n2Cl)n1. The van der Waals surface area contributed by atoms with Gasteiger partial charge in [-0.05, 0) is 50.0 Å². The lowest BCUT2D eigenvalue weighted by molar-refractivity contribution is 0.242. The number of imidazole rings is 1. The summed E-state index contributed by atoms with van der Waals surface area (Å²) in [6.07, 6.45) is 4.06. The first-order valence-corrected chi connectivity index (χ1v) is 11.1. The molecule has 2 aromatic heterocycles. The van der Waals surface area contributed by atoms with E-state index in [0.29, 0.717) is 28.4 Å².